The first-order chi connectivity index (χ1) is 12.5. The SMILES string of the molecule is CC(C)c1ccc(-c2nonc2NC(=O)c2cccc([N+](=O)[O-])c2)cc1. The first kappa shape index (κ1) is 17.3. The van der Waals surface area contributed by atoms with Crippen molar-refractivity contribution in [3.8, 4) is 11.3 Å². The summed E-state index contributed by atoms with van der Waals surface area (Å²) in [6.07, 6.45) is 0. The highest BCUT2D eigenvalue weighted by molar-refractivity contribution is 6.05. The molecule has 0 aliphatic heterocycles. The van der Waals surface area contributed by atoms with Crippen LogP contribution in [-0.2, 0) is 0 Å². The highest BCUT2D eigenvalue weighted by Gasteiger charge is 2.18. The van der Waals surface area contributed by atoms with E-state index < -0.39 is 10.8 Å². The number of anilines is 1. The topological polar surface area (TPSA) is 111 Å². The lowest BCUT2D eigenvalue weighted by molar-refractivity contribution is -0.384. The number of amides is 1. The van der Waals surface area contributed by atoms with Crippen LogP contribution in [0.15, 0.2) is 53.2 Å². The summed E-state index contributed by atoms with van der Waals surface area (Å²) in [5.41, 5.74) is 2.28. The molecule has 1 aromatic heterocycles. The molecule has 8 heteroatoms. The fourth-order valence-corrected chi connectivity index (χ4v) is 2.43. The fraction of sp³-hybridized carbons (Fsp3) is 0.167. The van der Waals surface area contributed by atoms with E-state index in [1.165, 1.54) is 29.8 Å². The van der Waals surface area contributed by atoms with Crippen molar-refractivity contribution in [3.05, 3.63) is 69.8 Å². The van der Waals surface area contributed by atoms with Crippen molar-refractivity contribution in [2.75, 3.05) is 5.32 Å². The van der Waals surface area contributed by atoms with Gasteiger partial charge in [0.2, 0.25) is 5.82 Å². The highest BCUT2D eigenvalue weighted by atomic mass is 16.6. The molecule has 0 spiro atoms. The molecule has 0 atom stereocenters. The Morgan fingerprint density at radius 2 is 1.88 bits per heavy atom. The van der Waals surface area contributed by atoms with Gasteiger partial charge in [0.05, 0.1) is 4.92 Å². The molecule has 0 aliphatic carbocycles. The van der Waals surface area contributed by atoms with Crippen LogP contribution >= 0.6 is 0 Å². The number of nitro benzene ring substituents is 1. The van der Waals surface area contributed by atoms with Gasteiger partial charge in [0.25, 0.3) is 11.6 Å². The summed E-state index contributed by atoms with van der Waals surface area (Å²) in [6, 6.07) is 13.1. The molecule has 3 rings (SSSR count). The summed E-state index contributed by atoms with van der Waals surface area (Å²) in [4.78, 5) is 22.7. The van der Waals surface area contributed by atoms with Crippen molar-refractivity contribution in [2.45, 2.75) is 19.8 Å². The summed E-state index contributed by atoms with van der Waals surface area (Å²) in [7, 11) is 0. The number of carbonyl (C=O) groups is 1. The van der Waals surface area contributed by atoms with E-state index in [0.717, 1.165) is 5.56 Å². The molecule has 1 heterocycles. The lowest BCUT2D eigenvalue weighted by Gasteiger charge is -2.06. The van der Waals surface area contributed by atoms with Gasteiger partial charge in [-0.3, -0.25) is 14.9 Å². The average molecular weight is 352 g/mol. The molecule has 132 valence electrons. The van der Waals surface area contributed by atoms with Crippen molar-refractivity contribution in [1.29, 1.82) is 0 Å². The normalized spacial score (nSPS) is 10.7. The number of carbonyl (C=O) groups excluding carboxylic acids is 1. The number of nitrogens with zero attached hydrogens (tertiary/aromatic N) is 3. The number of non-ortho nitro benzene ring substituents is 1. The van der Waals surface area contributed by atoms with Crippen LogP contribution in [0.25, 0.3) is 11.3 Å². The van der Waals surface area contributed by atoms with E-state index in [-0.39, 0.29) is 17.1 Å². The van der Waals surface area contributed by atoms with Gasteiger partial charge in [-0.25, -0.2) is 4.63 Å². The van der Waals surface area contributed by atoms with E-state index in [1.54, 1.807) is 0 Å². The van der Waals surface area contributed by atoms with Crippen molar-refractivity contribution in [2.24, 2.45) is 0 Å². The Labute approximate surface area is 149 Å². The van der Waals surface area contributed by atoms with Gasteiger partial charge < -0.3 is 5.32 Å². The monoisotopic (exact) mass is 352 g/mol. The zero-order valence-corrected chi connectivity index (χ0v) is 14.2. The molecule has 1 amide bonds. The van der Waals surface area contributed by atoms with Crippen LogP contribution in [0.4, 0.5) is 11.5 Å². The van der Waals surface area contributed by atoms with Crippen molar-refractivity contribution in [3.63, 3.8) is 0 Å². The quantitative estimate of drug-likeness (QED) is 0.548. The summed E-state index contributed by atoms with van der Waals surface area (Å²) in [5.74, 6) is 0.00998. The Hall–Kier alpha value is -3.55. The Kier molecular flexibility index (Phi) is 4.74. The maximum atomic E-state index is 12.4. The van der Waals surface area contributed by atoms with Crippen molar-refractivity contribution >= 4 is 17.4 Å². The predicted molar refractivity (Wildman–Crippen MR) is 94.9 cm³/mol. The molecule has 26 heavy (non-hydrogen) atoms. The minimum atomic E-state index is -0.559. The molecule has 0 aliphatic rings. The van der Waals surface area contributed by atoms with Crippen LogP contribution < -0.4 is 5.32 Å². The van der Waals surface area contributed by atoms with Crippen LogP contribution in [0.2, 0.25) is 0 Å². The van der Waals surface area contributed by atoms with Gasteiger partial charge in [0.1, 0.15) is 0 Å². The van der Waals surface area contributed by atoms with Crippen LogP contribution in [-0.4, -0.2) is 21.1 Å². The summed E-state index contributed by atoms with van der Waals surface area (Å²) >= 11 is 0. The molecule has 0 unspecified atom stereocenters. The van der Waals surface area contributed by atoms with Gasteiger partial charge in [-0.2, -0.15) is 0 Å². The Morgan fingerprint density at radius 1 is 1.15 bits per heavy atom. The lowest BCUT2D eigenvalue weighted by Crippen LogP contribution is -2.13. The van der Waals surface area contributed by atoms with Crippen LogP contribution in [0.5, 0.6) is 0 Å². The molecular weight excluding hydrogens is 336 g/mol. The maximum absolute atomic E-state index is 12.4. The molecule has 0 saturated heterocycles. The van der Waals surface area contributed by atoms with Gasteiger partial charge in [-0.1, -0.05) is 44.2 Å². The molecule has 8 nitrogen and oxygen atoms in total. The predicted octanol–water partition coefficient (Wildman–Crippen LogP) is 4.02. The van der Waals surface area contributed by atoms with Gasteiger partial charge in [-0.05, 0) is 27.9 Å². The van der Waals surface area contributed by atoms with Crippen molar-refractivity contribution in [1.82, 2.24) is 10.3 Å². The number of hydrogen-bond acceptors (Lipinski definition) is 6. The van der Waals surface area contributed by atoms with E-state index in [0.29, 0.717) is 11.6 Å². The minimum absolute atomic E-state index is 0.142. The average Bonchev–Trinajstić information content (AvgIpc) is 3.10. The molecule has 0 bridgehead atoms. The lowest BCUT2D eigenvalue weighted by atomic mass is 10.0. The van der Waals surface area contributed by atoms with Gasteiger partial charge in [0.15, 0.2) is 5.69 Å². The van der Waals surface area contributed by atoms with Crippen LogP contribution in [0.3, 0.4) is 0 Å². The van der Waals surface area contributed by atoms with E-state index >= 15 is 0 Å². The van der Waals surface area contributed by atoms with Gasteiger partial charge in [-0.15, -0.1) is 0 Å². The van der Waals surface area contributed by atoms with Crippen LogP contribution in [0.1, 0.15) is 35.7 Å². The molecule has 0 radical (unpaired) electrons. The van der Waals surface area contributed by atoms with Crippen LogP contribution in [0, 0.1) is 10.1 Å². The number of benzene rings is 2. The van der Waals surface area contributed by atoms with E-state index in [1.807, 2.05) is 24.3 Å². The second-order valence-corrected chi connectivity index (χ2v) is 6.00. The smallest absolute Gasteiger partial charge is 0.270 e. The molecular formula is C18H16N4O4. The highest BCUT2D eigenvalue weighted by Crippen LogP contribution is 2.26. The van der Waals surface area contributed by atoms with E-state index in [4.69, 9.17) is 4.63 Å². The zero-order valence-electron chi connectivity index (χ0n) is 14.2. The number of nitrogens with one attached hydrogen (secondary N) is 1. The number of rotatable bonds is 5. The Bertz CT molecular complexity index is 948. The molecule has 0 fully saturated rings. The third-order valence-electron chi connectivity index (χ3n) is 3.89. The van der Waals surface area contributed by atoms with Crippen molar-refractivity contribution < 1.29 is 14.3 Å². The van der Waals surface area contributed by atoms with Gasteiger partial charge >= 0.3 is 0 Å². The summed E-state index contributed by atoms with van der Waals surface area (Å²) in [6.45, 7) is 4.19. The first-order valence-electron chi connectivity index (χ1n) is 7.94. The Morgan fingerprint density at radius 3 is 2.54 bits per heavy atom. The first-order valence-corrected chi connectivity index (χ1v) is 7.94. The Balaban J connectivity index is 1.83. The number of hydrogen-bond donors (Lipinski definition) is 1. The molecule has 0 saturated carbocycles. The second kappa shape index (κ2) is 7.14. The van der Waals surface area contributed by atoms with Gasteiger partial charge in [0, 0.05) is 23.3 Å². The maximum Gasteiger partial charge on any atom is 0.270 e. The third-order valence-corrected chi connectivity index (χ3v) is 3.89. The largest absolute Gasteiger partial charge is 0.302 e. The third kappa shape index (κ3) is 3.59. The zero-order chi connectivity index (χ0) is 18.7. The van der Waals surface area contributed by atoms with E-state index in [9.17, 15) is 14.9 Å². The standard InChI is InChI=1S/C18H16N4O4/c1-11(2)12-6-8-13(9-7-12)16-17(21-26-20-16)19-18(23)14-4-3-5-15(10-14)22(24)25/h3-11H,1-2H3,(H,19,21,23). The second-order valence-electron chi connectivity index (χ2n) is 6.00. The number of aromatic nitrogens is 2. The number of nitro groups is 1. The molecule has 3 aromatic rings. The summed E-state index contributed by atoms with van der Waals surface area (Å²) in [5, 5.41) is 21.0. The summed E-state index contributed by atoms with van der Waals surface area (Å²) < 4.78 is 4.75. The molecule has 2 aromatic carbocycles. The fourth-order valence-electron chi connectivity index (χ4n) is 2.43. The molecule has 1 N–H and O–H groups in total. The van der Waals surface area contributed by atoms with E-state index in [2.05, 4.69) is 29.5 Å². The minimum Gasteiger partial charge on any atom is -0.302 e.